The minimum Gasteiger partial charge on any atom is -0.368 e. The van der Waals surface area contributed by atoms with Crippen LogP contribution in [0.15, 0.2) is 61.1 Å². The Kier molecular flexibility index (Phi) is 6.53. The molecule has 3 heterocycles. The second-order valence-electron chi connectivity index (χ2n) is 7.36. The molecule has 0 saturated heterocycles. The fourth-order valence-corrected chi connectivity index (χ4v) is 3.16. The SMILES string of the molecule is Cc1ccnc(Nc2cc(NCCNC(=O)c3cc(-c4ccc(F)cc4)nn3C)ncn2)c1. The van der Waals surface area contributed by atoms with Crippen molar-refractivity contribution in [3.05, 3.63) is 78.1 Å². The fourth-order valence-electron chi connectivity index (χ4n) is 3.16. The summed E-state index contributed by atoms with van der Waals surface area (Å²) >= 11 is 0. The van der Waals surface area contributed by atoms with Crippen LogP contribution in [-0.4, -0.2) is 43.7 Å². The minimum absolute atomic E-state index is 0.254. The van der Waals surface area contributed by atoms with Gasteiger partial charge in [-0.2, -0.15) is 5.10 Å². The summed E-state index contributed by atoms with van der Waals surface area (Å²) in [5.74, 6) is 1.35. The number of benzene rings is 1. The lowest BCUT2D eigenvalue weighted by atomic mass is 10.1. The van der Waals surface area contributed by atoms with Gasteiger partial charge in [-0.05, 0) is 55.0 Å². The smallest absolute Gasteiger partial charge is 0.269 e. The Bertz CT molecular complexity index is 1260. The number of hydrogen-bond acceptors (Lipinski definition) is 7. The Hall–Kier alpha value is -4.34. The van der Waals surface area contributed by atoms with Crippen molar-refractivity contribution in [3.63, 3.8) is 0 Å². The Balaban J connectivity index is 1.29. The zero-order valence-corrected chi connectivity index (χ0v) is 18.2. The van der Waals surface area contributed by atoms with Crippen molar-refractivity contribution in [3.8, 4) is 11.3 Å². The highest BCUT2D eigenvalue weighted by Crippen LogP contribution is 2.19. The normalized spacial score (nSPS) is 10.6. The van der Waals surface area contributed by atoms with Crippen molar-refractivity contribution in [1.29, 1.82) is 0 Å². The first kappa shape index (κ1) is 21.9. The number of aromatic nitrogens is 5. The summed E-state index contributed by atoms with van der Waals surface area (Å²) in [7, 11) is 1.69. The highest BCUT2D eigenvalue weighted by atomic mass is 19.1. The number of halogens is 1. The number of nitrogens with zero attached hydrogens (tertiary/aromatic N) is 5. The molecule has 168 valence electrons. The molecule has 0 unspecified atom stereocenters. The number of carbonyl (C=O) groups is 1. The predicted octanol–water partition coefficient (Wildman–Crippen LogP) is 3.31. The van der Waals surface area contributed by atoms with E-state index in [0.29, 0.717) is 41.9 Å². The van der Waals surface area contributed by atoms with Crippen LogP contribution >= 0.6 is 0 Å². The first-order valence-electron chi connectivity index (χ1n) is 10.3. The number of carbonyl (C=O) groups excluding carboxylic acids is 1. The van der Waals surface area contributed by atoms with E-state index in [1.807, 2.05) is 19.1 Å². The first-order chi connectivity index (χ1) is 16.0. The lowest BCUT2D eigenvalue weighted by Gasteiger charge is -2.09. The summed E-state index contributed by atoms with van der Waals surface area (Å²) in [5, 5.41) is 13.5. The molecule has 0 saturated carbocycles. The molecule has 10 heteroatoms. The molecule has 0 bridgehead atoms. The molecule has 3 aromatic heterocycles. The van der Waals surface area contributed by atoms with Crippen molar-refractivity contribution in [2.45, 2.75) is 6.92 Å². The van der Waals surface area contributed by atoms with Gasteiger partial charge in [-0.25, -0.2) is 19.3 Å². The zero-order chi connectivity index (χ0) is 23.2. The number of aryl methyl sites for hydroxylation is 2. The molecule has 0 fully saturated rings. The summed E-state index contributed by atoms with van der Waals surface area (Å²) < 4.78 is 14.6. The molecule has 0 spiro atoms. The molecule has 33 heavy (non-hydrogen) atoms. The van der Waals surface area contributed by atoms with Gasteiger partial charge < -0.3 is 16.0 Å². The maximum Gasteiger partial charge on any atom is 0.269 e. The third-order valence-electron chi connectivity index (χ3n) is 4.81. The molecule has 0 aliphatic rings. The van der Waals surface area contributed by atoms with Gasteiger partial charge in [-0.15, -0.1) is 0 Å². The van der Waals surface area contributed by atoms with Crippen molar-refractivity contribution in [1.82, 2.24) is 30.0 Å². The summed E-state index contributed by atoms with van der Waals surface area (Å²) in [6.45, 7) is 2.83. The summed E-state index contributed by atoms with van der Waals surface area (Å²) in [6.07, 6.45) is 3.18. The molecular formula is C23H23FN8O. The molecule has 1 amide bonds. The molecule has 3 N–H and O–H groups in total. The molecule has 9 nitrogen and oxygen atoms in total. The quantitative estimate of drug-likeness (QED) is 0.356. The van der Waals surface area contributed by atoms with Crippen LogP contribution in [0.5, 0.6) is 0 Å². The molecule has 0 aliphatic carbocycles. The molecule has 0 atom stereocenters. The highest BCUT2D eigenvalue weighted by molar-refractivity contribution is 5.93. The average Bonchev–Trinajstić information content (AvgIpc) is 3.19. The molecule has 0 radical (unpaired) electrons. The van der Waals surface area contributed by atoms with Crippen LogP contribution in [0.1, 0.15) is 16.1 Å². The van der Waals surface area contributed by atoms with Gasteiger partial charge in [0.1, 0.15) is 35.3 Å². The van der Waals surface area contributed by atoms with Gasteiger partial charge in [-0.1, -0.05) is 0 Å². The number of nitrogens with one attached hydrogen (secondary N) is 3. The molecule has 4 aromatic rings. The van der Waals surface area contributed by atoms with Gasteiger partial charge in [0.25, 0.3) is 5.91 Å². The van der Waals surface area contributed by atoms with Gasteiger partial charge in [0.15, 0.2) is 0 Å². The molecule has 1 aromatic carbocycles. The topological polar surface area (TPSA) is 110 Å². The lowest BCUT2D eigenvalue weighted by molar-refractivity contribution is 0.0946. The predicted molar refractivity (Wildman–Crippen MR) is 124 cm³/mol. The maximum atomic E-state index is 13.1. The first-order valence-corrected chi connectivity index (χ1v) is 10.3. The third-order valence-corrected chi connectivity index (χ3v) is 4.81. The van der Waals surface area contributed by atoms with Crippen LogP contribution in [0.3, 0.4) is 0 Å². The number of anilines is 3. The van der Waals surface area contributed by atoms with Gasteiger partial charge >= 0.3 is 0 Å². The number of hydrogen-bond donors (Lipinski definition) is 3. The summed E-state index contributed by atoms with van der Waals surface area (Å²) in [4.78, 5) is 25.2. The Morgan fingerprint density at radius 2 is 1.73 bits per heavy atom. The number of pyridine rings is 1. The van der Waals surface area contributed by atoms with E-state index in [4.69, 9.17) is 0 Å². The Morgan fingerprint density at radius 3 is 2.52 bits per heavy atom. The van der Waals surface area contributed by atoms with Crippen molar-refractivity contribution < 1.29 is 9.18 Å². The van der Waals surface area contributed by atoms with Gasteiger partial charge in [0.2, 0.25) is 0 Å². The van der Waals surface area contributed by atoms with E-state index in [9.17, 15) is 9.18 Å². The maximum absolute atomic E-state index is 13.1. The lowest BCUT2D eigenvalue weighted by Crippen LogP contribution is -2.30. The molecule has 4 rings (SSSR count). The monoisotopic (exact) mass is 446 g/mol. The van der Waals surface area contributed by atoms with E-state index < -0.39 is 0 Å². The van der Waals surface area contributed by atoms with E-state index in [2.05, 4.69) is 36.0 Å². The van der Waals surface area contributed by atoms with Gasteiger partial charge in [0.05, 0.1) is 5.69 Å². The number of rotatable bonds is 8. The van der Waals surface area contributed by atoms with Gasteiger partial charge in [0, 0.05) is 38.0 Å². The van der Waals surface area contributed by atoms with Crippen LogP contribution in [0.4, 0.5) is 21.8 Å². The standard InChI is InChI=1S/C23H23FN8O/c1-15-7-8-25-21(11-15)30-22-13-20(28-14-29-22)26-9-10-27-23(33)19-12-18(31-32(19)2)16-3-5-17(24)6-4-16/h3-8,11-14H,9-10H2,1-2H3,(H,27,33)(H2,25,26,28,29,30). The molecular weight excluding hydrogens is 423 g/mol. The Morgan fingerprint density at radius 1 is 0.970 bits per heavy atom. The van der Waals surface area contributed by atoms with Crippen LogP contribution in [0.2, 0.25) is 0 Å². The molecule has 0 aliphatic heterocycles. The van der Waals surface area contributed by atoms with Crippen LogP contribution < -0.4 is 16.0 Å². The number of amides is 1. The second-order valence-corrected chi connectivity index (χ2v) is 7.36. The van der Waals surface area contributed by atoms with Crippen molar-refractivity contribution >= 4 is 23.4 Å². The van der Waals surface area contributed by atoms with Crippen LogP contribution in [0.25, 0.3) is 11.3 Å². The second kappa shape index (κ2) is 9.86. The summed E-state index contributed by atoms with van der Waals surface area (Å²) in [6, 6.07) is 13.3. The van der Waals surface area contributed by atoms with E-state index in [-0.39, 0.29) is 11.7 Å². The van der Waals surface area contributed by atoms with Crippen molar-refractivity contribution in [2.75, 3.05) is 23.7 Å². The van der Waals surface area contributed by atoms with Crippen molar-refractivity contribution in [2.24, 2.45) is 7.05 Å². The van der Waals surface area contributed by atoms with E-state index in [1.165, 1.54) is 23.1 Å². The highest BCUT2D eigenvalue weighted by Gasteiger charge is 2.14. The average molecular weight is 446 g/mol. The van der Waals surface area contributed by atoms with Crippen LogP contribution in [0, 0.1) is 12.7 Å². The Labute approximate surface area is 190 Å². The fraction of sp³-hybridized carbons (Fsp3) is 0.174. The van der Waals surface area contributed by atoms with E-state index in [0.717, 1.165) is 11.1 Å². The van der Waals surface area contributed by atoms with E-state index >= 15 is 0 Å². The minimum atomic E-state index is -0.321. The van der Waals surface area contributed by atoms with Crippen LogP contribution in [-0.2, 0) is 7.05 Å². The third kappa shape index (κ3) is 5.67. The largest absolute Gasteiger partial charge is 0.368 e. The zero-order valence-electron chi connectivity index (χ0n) is 18.2. The summed E-state index contributed by atoms with van der Waals surface area (Å²) in [5.41, 5.74) is 2.84. The van der Waals surface area contributed by atoms with Gasteiger partial charge in [-0.3, -0.25) is 9.48 Å². The van der Waals surface area contributed by atoms with E-state index in [1.54, 1.807) is 37.5 Å².